The summed E-state index contributed by atoms with van der Waals surface area (Å²) >= 11 is 0. The molecule has 0 aliphatic carbocycles. The van der Waals surface area contributed by atoms with Gasteiger partial charge >= 0.3 is 0 Å². The molecule has 1 aliphatic rings. The SMILES string of the molecule is c1ccc2c(c1)Oc1ccc(-c3ccc(-c4cccc5oc6ccccc6c45)cc3)c3cccc-2c13. The van der Waals surface area contributed by atoms with Gasteiger partial charge in [0.25, 0.3) is 0 Å². The van der Waals surface area contributed by atoms with Crippen LogP contribution in [0.3, 0.4) is 0 Å². The standard InChI is InChI=1S/C34H20O2/c1-3-12-29-25(7-1)27-11-5-10-26-23(19-20-32(35-29)34(26)27)21-15-17-22(18-16-21)24-9-6-14-31-33(24)28-8-2-4-13-30(28)36-31/h1-20H. The number of fused-ring (bicyclic) bond motifs is 5. The molecule has 0 saturated heterocycles. The number of ether oxygens (including phenoxy) is 1. The first-order chi connectivity index (χ1) is 17.8. The monoisotopic (exact) mass is 460 g/mol. The summed E-state index contributed by atoms with van der Waals surface area (Å²) in [6.45, 7) is 0. The number of hydrogen-bond acceptors (Lipinski definition) is 2. The third-order valence-corrected chi connectivity index (χ3v) is 7.31. The van der Waals surface area contributed by atoms with E-state index in [0.29, 0.717) is 0 Å². The predicted molar refractivity (Wildman–Crippen MR) is 148 cm³/mol. The van der Waals surface area contributed by atoms with Crippen LogP contribution in [0.2, 0.25) is 0 Å². The average Bonchev–Trinajstić information content (AvgIpc) is 3.33. The van der Waals surface area contributed by atoms with Crippen LogP contribution in [0.15, 0.2) is 126 Å². The molecule has 2 nitrogen and oxygen atoms in total. The first-order valence-electron chi connectivity index (χ1n) is 12.2. The fourth-order valence-corrected chi connectivity index (χ4v) is 5.68. The van der Waals surface area contributed by atoms with Crippen LogP contribution < -0.4 is 4.74 Å². The van der Waals surface area contributed by atoms with Crippen molar-refractivity contribution in [3.63, 3.8) is 0 Å². The lowest BCUT2D eigenvalue weighted by molar-refractivity contribution is 0.487. The average molecular weight is 461 g/mol. The maximum Gasteiger partial charge on any atom is 0.136 e. The zero-order valence-electron chi connectivity index (χ0n) is 19.4. The van der Waals surface area contributed by atoms with Crippen LogP contribution in [0.25, 0.3) is 66.1 Å². The van der Waals surface area contributed by atoms with E-state index >= 15 is 0 Å². The zero-order chi connectivity index (χ0) is 23.6. The Morgan fingerprint density at radius 3 is 1.94 bits per heavy atom. The van der Waals surface area contributed by atoms with Crippen molar-refractivity contribution in [3.8, 4) is 44.9 Å². The highest BCUT2D eigenvalue weighted by molar-refractivity contribution is 6.13. The van der Waals surface area contributed by atoms with Crippen LogP contribution in [0.4, 0.5) is 0 Å². The second-order valence-electron chi connectivity index (χ2n) is 9.29. The number of hydrogen-bond donors (Lipinski definition) is 0. The summed E-state index contributed by atoms with van der Waals surface area (Å²) in [5.74, 6) is 1.83. The Hall–Kier alpha value is -4.82. The van der Waals surface area contributed by atoms with E-state index in [1.807, 2.05) is 30.3 Å². The molecular formula is C34H20O2. The molecule has 2 heteroatoms. The normalized spacial score (nSPS) is 12.1. The Morgan fingerprint density at radius 2 is 1.03 bits per heavy atom. The van der Waals surface area contributed by atoms with Crippen molar-refractivity contribution in [2.75, 3.05) is 0 Å². The first kappa shape index (κ1) is 19.5. The van der Waals surface area contributed by atoms with Crippen LogP contribution in [0, 0.1) is 0 Å². The molecule has 0 spiro atoms. The summed E-state index contributed by atoms with van der Waals surface area (Å²) in [5, 5.41) is 4.69. The first-order valence-corrected chi connectivity index (χ1v) is 12.2. The van der Waals surface area contributed by atoms with Crippen molar-refractivity contribution in [2.24, 2.45) is 0 Å². The molecule has 1 aromatic heterocycles. The third kappa shape index (κ3) is 2.73. The molecule has 0 amide bonds. The molecule has 1 aliphatic heterocycles. The highest BCUT2D eigenvalue weighted by Gasteiger charge is 2.21. The van der Waals surface area contributed by atoms with Gasteiger partial charge < -0.3 is 9.15 Å². The van der Waals surface area contributed by atoms with Crippen LogP contribution in [0.1, 0.15) is 0 Å². The van der Waals surface area contributed by atoms with Crippen molar-refractivity contribution in [1.82, 2.24) is 0 Å². The molecule has 0 unspecified atom stereocenters. The van der Waals surface area contributed by atoms with Crippen LogP contribution in [-0.4, -0.2) is 0 Å². The van der Waals surface area contributed by atoms with Crippen LogP contribution in [0.5, 0.6) is 11.5 Å². The highest BCUT2D eigenvalue weighted by atomic mass is 16.5. The summed E-state index contributed by atoms with van der Waals surface area (Å²) in [6, 6.07) is 42.5. The second-order valence-corrected chi connectivity index (χ2v) is 9.29. The van der Waals surface area contributed by atoms with Gasteiger partial charge in [-0.2, -0.15) is 0 Å². The molecule has 36 heavy (non-hydrogen) atoms. The zero-order valence-corrected chi connectivity index (χ0v) is 19.4. The molecule has 0 atom stereocenters. The highest BCUT2D eigenvalue weighted by Crippen LogP contribution is 2.48. The van der Waals surface area contributed by atoms with E-state index in [9.17, 15) is 0 Å². The Bertz CT molecular complexity index is 1960. The molecule has 168 valence electrons. The maximum absolute atomic E-state index is 6.28. The molecule has 2 heterocycles. The van der Waals surface area contributed by atoms with E-state index in [4.69, 9.17) is 9.15 Å². The topological polar surface area (TPSA) is 22.4 Å². The van der Waals surface area contributed by atoms with Gasteiger partial charge in [-0.05, 0) is 57.5 Å². The summed E-state index contributed by atoms with van der Waals surface area (Å²) in [5.41, 5.74) is 8.96. The van der Waals surface area contributed by atoms with E-state index in [1.54, 1.807) is 0 Å². The molecule has 6 aromatic carbocycles. The molecular weight excluding hydrogens is 440 g/mol. The molecule has 0 saturated carbocycles. The van der Waals surface area contributed by atoms with Gasteiger partial charge in [-0.15, -0.1) is 0 Å². The molecule has 0 fully saturated rings. The Morgan fingerprint density at radius 1 is 0.361 bits per heavy atom. The maximum atomic E-state index is 6.28. The minimum Gasteiger partial charge on any atom is -0.456 e. The minimum absolute atomic E-state index is 0.913. The van der Waals surface area contributed by atoms with Crippen LogP contribution >= 0.6 is 0 Å². The third-order valence-electron chi connectivity index (χ3n) is 7.31. The van der Waals surface area contributed by atoms with Crippen molar-refractivity contribution >= 4 is 32.7 Å². The van der Waals surface area contributed by atoms with E-state index in [2.05, 4.69) is 91.0 Å². The smallest absolute Gasteiger partial charge is 0.136 e. The summed E-state index contributed by atoms with van der Waals surface area (Å²) in [7, 11) is 0. The van der Waals surface area contributed by atoms with Crippen molar-refractivity contribution < 1.29 is 9.15 Å². The van der Waals surface area contributed by atoms with E-state index in [0.717, 1.165) is 33.6 Å². The Kier molecular flexibility index (Phi) is 3.97. The molecule has 0 N–H and O–H groups in total. The number of para-hydroxylation sites is 2. The van der Waals surface area contributed by atoms with Gasteiger partial charge in [-0.1, -0.05) is 97.1 Å². The Balaban J connectivity index is 1.28. The van der Waals surface area contributed by atoms with E-state index < -0.39 is 0 Å². The van der Waals surface area contributed by atoms with Gasteiger partial charge in [0.15, 0.2) is 0 Å². The number of benzene rings is 6. The molecule has 7 aromatic rings. The minimum atomic E-state index is 0.913. The van der Waals surface area contributed by atoms with Gasteiger partial charge in [0.1, 0.15) is 22.7 Å². The van der Waals surface area contributed by atoms with E-state index in [1.165, 1.54) is 44.0 Å². The molecule has 0 bridgehead atoms. The quantitative estimate of drug-likeness (QED) is 0.256. The van der Waals surface area contributed by atoms with Crippen LogP contribution in [-0.2, 0) is 0 Å². The molecule has 0 radical (unpaired) electrons. The fraction of sp³-hybridized carbons (Fsp3) is 0. The second kappa shape index (κ2) is 7.34. The lowest BCUT2D eigenvalue weighted by atomic mass is 9.90. The van der Waals surface area contributed by atoms with Gasteiger partial charge in [0.05, 0.1) is 0 Å². The fourth-order valence-electron chi connectivity index (χ4n) is 5.68. The van der Waals surface area contributed by atoms with Gasteiger partial charge in [-0.25, -0.2) is 0 Å². The van der Waals surface area contributed by atoms with Gasteiger partial charge in [0, 0.05) is 21.7 Å². The van der Waals surface area contributed by atoms with Crippen molar-refractivity contribution in [3.05, 3.63) is 121 Å². The van der Waals surface area contributed by atoms with Crippen molar-refractivity contribution in [1.29, 1.82) is 0 Å². The van der Waals surface area contributed by atoms with Crippen molar-refractivity contribution in [2.45, 2.75) is 0 Å². The predicted octanol–water partition coefficient (Wildman–Crippen LogP) is 9.85. The lowest BCUT2D eigenvalue weighted by Gasteiger charge is -2.22. The summed E-state index contributed by atoms with van der Waals surface area (Å²) < 4.78 is 12.4. The summed E-state index contributed by atoms with van der Waals surface area (Å²) in [6.07, 6.45) is 0. The number of rotatable bonds is 2. The van der Waals surface area contributed by atoms with Gasteiger partial charge in [-0.3, -0.25) is 0 Å². The summed E-state index contributed by atoms with van der Waals surface area (Å²) in [4.78, 5) is 0. The number of furan rings is 1. The lowest BCUT2D eigenvalue weighted by Crippen LogP contribution is -1.97. The Labute approximate surface area is 208 Å². The largest absolute Gasteiger partial charge is 0.456 e. The van der Waals surface area contributed by atoms with E-state index in [-0.39, 0.29) is 0 Å². The molecule has 8 rings (SSSR count). The van der Waals surface area contributed by atoms with Gasteiger partial charge in [0.2, 0.25) is 0 Å².